The average Bonchev–Trinajstić information content (AvgIpc) is 2.10. The summed E-state index contributed by atoms with van der Waals surface area (Å²) in [6, 6.07) is 0. The van der Waals surface area contributed by atoms with Crippen molar-refractivity contribution in [2.75, 3.05) is 0 Å². The first-order valence-corrected chi connectivity index (χ1v) is 2.99. The molecule has 13 heavy (non-hydrogen) atoms. The number of carbonyl (C=O) groups excluding carboxylic acids is 1. The molecule has 0 spiro atoms. The molecule has 1 aromatic rings. The number of halogens is 1. The van der Waals surface area contributed by atoms with Crippen LogP contribution >= 0.6 is 0 Å². The summed E-state index contributed by atoms with van der Waals surface area (Å²) in [5, 5.41) is 0. The number of rotatable bonds is 1. The number of H-pyrrole nitrogens is 2. The molecule has 0 aliphatic heterocycles. The third kappa shape index (κ3) is 1.62. The van der Waals surface area contributed by atoms with E-state index in [1.807, 2.05) is 0 Å². The predicted molar refractivity (Wildman–Crippen MR) is 37.2 cm³/mol. The number of hydrogen-bond acceptors (Lipinski definition) is 5. The van der Waals surface area contributed by atoms with Gasteiger partial charge in [0.1, 0.15) is 0 Å². The molecule has 0 aromatic carbocycles. The fourth-order valence-corrected chi connectivity index (χ4v) is 0.671. The molecule has 0 bridgehead atoms. The second-order valence-electron chi connectivity index (χ2n) is 2.00. The van der Waals surface area contributed by atoms with Gasteiger partial charge in [-0.2, -0.15) is 10.3 Å². The molecule has 4 N–H and O–H groups in total. The van der Waals surface area contributed by atoms with Crippen LogP contribution < -0.4 is 17.1 Å². The Morgan fingerprint density at radius 1 is 1.38 bits per heavy atom. The van der Waals surface area contributed by atoms with Crippen molar-refractivity contribution in [3.8, 4) is 0 Å². The first-order chi connectivity index (χ1) is 6.06. The van der Waals surface area contributed by atoms with Crippen molar-refractivity contribution in [2.45, 2.75) is 0 Å². The second-order valence-corrected chi connectivity index (χ2v) is 2.00. The van der Waals surface area contributed by atoms with E-state index < -0.39 is 28.7 Å². The largest absolute Gasteiger partial charge is 0.376 e. The van der Waals surface area contributed by atoms with E-state index in [-0.39, 0.29) is 0 Å². The molecule has 0 unspecified atom stereocenters. The van der Waals surface area contributed by atoms with Crippen molar-refractivity contribution in [2.24, 2.45) is 5.90 Å². The molecule has 7 nitrogen and oxygen atoms in total. The molecule has 70 valence electrons. The van der Waals surface area contributed by atoms with Crippen molar-refractivity contribution in [3.05, 3.63) is 32.3 Å². The summed E-state index contributed by atoms with van der Waals surface area (Å²) >= 11 is 0. The van der Waals surface area contributed by atoms with E-state index in [0.717, 1.165) is 0 Å². The molecule has 1 rings (SSSR count). The first kappa shape index (κ1) is 9.13. The zero-order chi connectivity index (χ0) is 10.0. The van der Waals surface area contributed by atoms with Crippen molar-refractivity contribution in [1.29, 1.82) is 0 Å². The lowest BCUT2D eigenvalue weighted by Crippen LogP contribution is -2.30. The van der Waals surface area contributed by atoms with Crippen LogP contribution in [0.3, 0.4) is 0 Å². The van der Waals surface area contributed by atoms with E-state index in [9.17, 15) is 18.8 Å². The van der Waals surface area contributed by atoms with Crippen LogP contribution in [-0.4, -0.2) is 15.9 Å². The minimum absolute atomic E-state index is 0.906. The molecular formula is C5H4FN3O4. The highest BCUT2D eigenvalue weighted by Crippen LogP contribution is 1.95. The van der Waals surface area contributed by atoms with E-state index in [1.165, 1.54) is 0 Å². The lowest BCUT2D eigenvalue weighted by Gasteiger charge is -1.97. The molecule has 0 atom stereocenters. The smallest absolute Gasteiger partial charge is 0.368 e. The van der Waals surface area contributed by atoms with E-state index in [0.29, 0.717) is 0 Å². The molecule has 0 amide bonds. The number of carbonyl (C=O) groups is 1. The molecule has 0 aliphatic rings. The number of aromatic amines is 2. The molecule has 0 saturated heterocycles. The topological polar surface area (TPSA) is 118 Å². The normalized spacial score (nSPS) is 9.69. The minimum atomic E-state index is -1.45. The Balaban J connectivity index is 3.46. The number of nitrogens with two attached hydrogens (primary N) is 1. The third-order valence-electron chi connectivity index (χ3n) is 1.20. The van der Waals surface area contributed by atoms with Gasteiger partial charge in [0.25, 0.3) is 5.56 Å². The van der Waals surface area contributed by atoms with Crippen molar-refractivity contribution < 1.29 is 14.0 Å². The molecule has 0 aliphatic carbocycles. The van der Waals surface area contributed by atoms with Crippen molar-refractivity contribution >= 4 is 5.97 Å². The Hall–Kier alpha value is -1.96. The van der Waals surface area contributed by atoms with Gasteiger partial charge in [-0.3, -0.25) is 14.8 Å². The Bertz CT molecular complexity index is 448. The van der Waals surface area contributed by atoms with Crippen LogP contribution in [0.2, 0.25) is 0 Å². The van der Waals surface area contributed by atoms with E-state index in [2.05, 4.69) is 10.7 Å². The van der Waals surface area contributed by atoms with Crippen LogP contribution in [0.5, 0.6) is 0 Å². The Kier molecular flexibility index (Phi) is 2.24. The highest BCUT2D eigenvalue weighted by atomic mass is 19.1. The van der Waals surface area contributed by atoms with Gasteiger partial charge < -0.3 is 4.84 Å². The second kappa shape index (κ2) is 3.19. The lowest BCUT2D eigenvalue weighted by atomic mass is 10.4. The predicted octanol–water partition coefficient (Wildman–Crippen LogP) is -1.77. The van der Waals surface area contributed by atoms with Crippen LogP contribution in [0.15, 0.2) is 9.59 Å². The maximum absolute atomic E-state index is 12.7. The summed E-state index contributed by atoms with van der Waals surface area (Å²) in [6.07, 6.45) is 0. The Morgan fingerprint density at radius 2 is 2.00 bits per heavy atom. The van der Waals surface area contributed by atoms with Gasteiger partial charge in [-0.25, -0.2) is 9.59 Å². The van der Waals surface area contributed by atoms with Gasteiger partial charge >= 0.3 is 11.7 Å². The van der Waals surface area contributed by atoms with Crippen molar-refractivity contribution in [1.82, 2.24) is 9.97 Å². The van der Waals surface area contributed by atoms with Gasteiger partial charge in [0.2, 0.25) is 5.82 Å². The van der Waals surface area contributed by atoms with Crippen LogP contribution in [0, 0.1) is 5.82 Å². The number of hydrogen-bond donors (Lipinski definition) is 3. The Morgan fingerprint density at radius 3 is 2.54 bits per heavy atom. The molecular weight excluding hydrogens is 185 g/mol. The Labute approximate surface area is 69.3 Å². The molecule has 0 radical (unpaired) electrons. The third-order valence-corrected chi connectivity index (χ3v) is 1.20. The standard InChI is InChI=1S/C5H4FN3O4/c6-1-2(4(11)13-7)8-5(12)9-3(1)10/h7H2,(H2,8,9,10,12). The summed E-state index contributed by atoms with van der Waals surface area (Å²) < 4.78 is 12.7. The summed E-state index contributed by atoms with van der Waals surface area (Å²) in [4.78, 5) is 38.7. The van der Waals surface area contributed by atoms with Crippen LogP contribution in [0.1, 0.15) is 10.5 Å². The number of nitrogens with one attached hydrogen (secondary N) is 2. The van der Waals surface area contributed by atoms with Gasteiger partial charge in [0.05, 0.1) is 0 Å². The fraction of sp³-hybridized carbons (Fsp3) is 0. The summed E-state index contributed by atoms with van der Waals surface area (Å²) in [5.41, 5.74) is -3.24. The highest BCUT2D eigenvalue weighted by Gasteiger charge is 2.16. The van der Waals surface area contributed by atoms with Gasteiger partial charge in [-0.1, -0.05) is 0 Å². The number of aromatic nitrogens is 2. The fourth-order valence-electron chi connectivity index (χ4n) is 0.671. The monoisotopic (exact) mass is 189 g/mol. The van der Waals surface area contributed by atoms with Crippen molar-refractivity contribution in [3.63, 3.8) is 0 Å². The molecule has 1 heterocycles. The summed E-state index contributed by atoms with van der Waals surface area (Å²) in [7, 11) is 0. The van der Waals surface area contributed by atoms with Gasteiger partial charge in [-0.05, 0) is 0 Å². The summed E-state index contributed by atoms with van der Waals surface area (Å²) in [6.45, 7) is 0. The maximum Gasteiger partial charge on any atom is 0.376 e. The molecule has 8 heteroatoms. The molecule has 1 aromatic heterocycles. The van der Waals surface area contributed by atoms with E-state index in [4.69, 9.17) is 0 Å². The van der Waals surface area contributed by atoms with Crippen LogP contribution in [0.25, 0.3) is 0 Å². The van der Waals surface area contributed by atoms with Crippen LogP contribution in [-0.2, 0) is 4.84 Å². The quantitative estimate of drug-likeness (QED) is 0.452. The van der Waals surface area contributed by atoms with Gasteiger partial charge in [-0.15, -0.1) is 0 Å². The maximum atomic E-state index is 12.7. The molecule has 0 saturated carbocycles. The first-order valence-electron chi connectivity index (χ1n) is 2.99. The average molecular weight is 189 g/mol. The van der Waals surface area contributed by atoms with Gasteiger partial charge in [0, 0.05) is 0 Å². The zero-order valence-corrected chi connectivity index (χ0v) is 6.09. The van der Waals surface area contributed by atoms with Crippen LogP contribution in [0.4, 0.5) is 4.39 Å². The summed E-state index contributed by atoms with van der Waals surface area (Å²) in [5.74, 6) is 1.64. The zero-order valence-electron chi connectivity index (χ0n) is 6.09. The minimum Gasteiger partial charge on any atom is -0.368 e. The van der Waals surface area contributed by atoms with E-state index >= 15 is 0 Å². The SMILES string of the molecule is NOC(=O)c1[nH]c(=O)[nH]c(=O)c1F. The lowest BCUT2D eigenvalue weighted by molar-refractivity contribution is 0.0489. The highest BCUT2D eigenvalue weighted by molar-refractivity contribution is 5.86. The van der Waals surface area contributed by atoms with Gasteiger partial charge in [0.15, 0.2) is 5.69 Å². The molecule has 0 fully saturated rings. The van der Waals surface area contributed by atoms with E-state index in [1.54, 1.807) is 9.97 Å².